The number of hydrogen-bond donors (Lipinski definition) is 0. The predicted molar refractivity (Wildman–Crippen MR) is 37.2 cm³/mol. The van der Waals surface area contributed by atoms with E-state index in [0.717, 1.165) is 12.8 Å². The minimum absolute atomic E-state index is 0.238. The van der Waals surface area contributed by atoms with Crippen LogP contribution in [0.25, 0.3) is 0 Å². The smallest absolute Gasteiger partial charge is 0.164 e. The molecule has 1 unspecified atom stereocenters. The second kappa shape index (κ2) is 2.13. The molecule has 0 spiro atoms. The van der Waals surface area contributed by atoms with Crippen molar-refractivity contribution < 1.29 is 8.42 Å². The molecule has 1 aliphatic carbocycles. The molecule has 0 amide bonds. The summed E-state index contributed by atoms with van der Waals surface area (Å²) in [4.78, 5) is 0. The van der Waals surface area contributed by atoms with Gasteiger partial charge in [0.1, 0.15) is 4.71 Å². The van der Waals surface area contributed by atoms with Crippen LogP contribution in [0, 0.1) is 5.92 Å². The highest BCUT2D eigenvalue weighted by Crippen LogP contribution is 2.37. The second-order valence-electron chi connectivity index (χ2n) is 2.52. The lowest BCUT2D eigenvalue weighted by atomic mass is 10.5. The molecule has 1 fully saturated rings. The Bertz CT molecular complexity index is 193. The van der Waals surface area contributed by atoms with E-state index in [1.165, 1.54) is 6.26 Å². The van der Waals surface area contributed by atoms with Gasteiger partial charge in [0.2, 0.25) is 0 Å². The highest BCUT2D eigenvalue weighted by Gasteiger charge is 2.35. The predicted octanol–water partition coefficient (Wildman–Crippen LogP) is 1.01. The van der Waals surface area contributed by atoms with Crippen LogP contribution in [0.15, 0.2) is 0 Å². The molecule has 0 aromatic rings. The monoisotopic (exact) mass is 168 g/mol. The molecule has 2 nitrogen and oxygen atoms in total. The summed E-state index contributed by atoms with van der Waals surface area (Å²) >= 11 is 5.57. The Kier molecular flexibility index (Phi) is 1.74. The molecule has 0 aliphatic heterocycles. The number of hydrogen-bond acceptors (Lipinski definition) is 2. The maximum absolute atomic E-state index is 10.7. The maximum Gasteiger partial charge on any atom is 0.164 e. The maximum atomic E-state index is 10.7. The molecule has 0 radical (unpaired) electrons. The fourth-order valence-corrected chi connectivity index (χ4v) is 1.93. The van der Waals surface area contributed by atoms with E-state index in [2.05, 4.69) is 0 Å². The number of rotatable bonds is 2. The zero-order valence-electron chi connectivity index (χ0n) is 5.17. The van der Waals surface area contributed by atoms with Crippen molar-refractivity contribution in [3.05, 3.63) is 0 Å². The van der Waals surface area contributed by atoms with Crippen molar-refractivity contribution in [3.63, 3.8) is 0 Å². The molecule has 4 heteroatoms. The summed E-state index contributed by atoms with van der Waals surface area (Å²) in [5.41, 5.74) is 0. The lowest BCUT2D eigenvalue weighted by Gasteiger charge is -2.02. The minimum atomic E-state index is -2.97. The van der Waals surface area contributed by atoms with Crippen LogP contribution in [0.2, 0.25) is 0 Å². The van der Waals surface area contributed by atoms with Crippen molar-refractivity contribution in [2.75, 3.05) is 6.26 Å². The van der Waals surface area contributed by atoms with Gasteiger partial charge in [-0.3, -0.25) is 0 Å². The molecule has 0 aromatic carbocycles. The van der Waals surface area contributed by atoms with Crippen LogP contribution in [0.4, 0.5) is 0 Å². The molecule has 0 aromatic heterocycles. The lowest BCUT2D eigenvalue weighted by molar-refractivity contribution is 0.593. The van der Waals surface area contributed by atoms with E-state index >= 15 is 0 Å². The minimum Gasteiger partial charge on any atom is -0.228 e. The molecule has 0 bridgehead atoms. The molecule has 1 atom stereocenters. The van der Waals surface area contributed by atoms with Crippen molar-refractivity contribution >= 4 is 21.4 Å². The van der Waals surface area contributed by atoms with Gasteiger partial charge in [0.15, 0.2) is 9.84 Å². The van der Waals surface area contributed by atoms with Gasteiger partial charge >= 0.3 is 0 Å². The summed E-state index contributed by atoms with van der Waals surface area (Å²) < 4.78 is 20.7. The molecule has 54 valence electrons. The van der Waals surface area contributed by atoms with Gasteiger partial charge in [0.05, 0.1) is 0 Å². The zero-order valence-corrected chi connectivity index (χ0v) is 6.74. The molecule has 0 heterocycles. The van der Waals surface area contributed by atoms with Crippen molar-refractivity contribution in [2.24, 2.45) is 5.92 Å². The van der Waals surface area contributed by atoms with E-state index in [1.54, 1.807) is 0 Å². The first-order chi connectivity index (χ1) is 4.02. The quantitative estimate of drug-likeness (QED) is 0.577. The van der Waals surface area contributed by atoms with Crippen molar-refractivity contribution in [3.8, 4) is 0 Å². The third kappa shape index (κ3) is 1.83. The van der Waals surface area contributed by atoms with Gasteiger partial charge in [0, 0.05) is 6.26 Å². The first kappa shape index (κ1) is 7.35. The van der Waals surface area contributed by atoms with Crippen molar-refractivity contribution in [1.29, 1.82) is 0 Å². The van der Waals surface area contributed by atoms with Gasteiger partial charge in [0.25, 0.3) is 0 Å². The first-order valence-corrected chi connectivity index (χ1v) is 5.24. The number of halogens is 1. The van der Waals surface area contributed by atoms with Gasteiger partial charge in [-0.05, 0) is 18.8 Å². The summed E-state index contributed by atoms with van der Waals surface area (Å²) in [6, 6.07) is 0. The van der Waals surface area contributed by atoms with Gasteiger partial charge in [-0.25, -0.2) is 8.42 Å². The first-order valence-electron chi connectivity index (χ1n) is 2.85. The van der Waals surface area contributed by atoms with E-state index in [9.17, 15) is 8.42 Å². The van der Waals surface area contributed by atoms with Gasteiger partial charge < -0.3 is 0 Å². The van der Waals surface area contributed by atoms with Gasteiger partial charge in [-0.15, -0.1) is 11.6 Å². The Morgan fingerprint density at radius 2 is 2.00 bits per heavy atom. The van der Waals surface area contributed by atoms with Crippen LogP contribution in [0.3, 0.4) is 0 Å². The van der Waals surface area contributed by atoms with E-state index in [4.69, 9.17) is 11.6 Å². The number of alkyl halides is 1. The Morgan fingerprint density at radius 1 is 1.56 bits per heavy atom. The average Bonchev–Trinajstić information content (AvgIpc) is 2.40. The third-order valence-corrected chi connectivity index (χ3v) is 3.93. The molecule has 0 N–H and O–H groups in total. The molecule has 1 saturated carbocycles. The third-order valence-electron chi connectivity index (χ3n) is 1.40. The van der Waals surface area contributed by atoms with Crippen LogP contribution in [0.5, 0.6) is 0 Å². The zero-order chi connectivity index (χ0) is 7.07. The van der Waals surface area contributed by atoms with Gasteiger partial charge in [-0.1, -0.05) is 0 Å². The highest BCUT2D eigenvalue weighted by molar-refractivity contribution is 7.92. The fraction of sp³-hybridized carbons (Fsp3) is 1.00. The summed E-state index contributed by atoms with van der Waals surface area (Å²) in [6.07, 6.45) is 3.13. The van der Waals surface area contributed by atoms with Crippen LogP contribution >= 0.6 is 11.6 Å². The fourth-order valence-electron chi connectivity index (χ4n) is 0.708. The van der Waals surface area contributed by atoms with Crippen LogP contribution < -0.4 is 0 Å². The van der Waals surface area contributed by atoms with Crippen molar-refractivity contribution in [2.45, 2.75) is 17.6 Å². The number of sulfone groups is 1. The Hall–Kier alpha value is 0.240. The summed E-state index contributed by atoms with van der Waals surface area (Å²) in [7, 11) is -2.97. The Morgan fingerprint density at radius 3 is 2.11 bits per heavy atom. The van der Waals surface area contributed by atoms with Crippen LogP contribution in [-0.4, -0.2) is 19.4 Å². The average molecular weight is 169 g/mol. The van der Waals surface area contributed by atoms with E-state index in [1.807, 2.05) is 0 Å². The normalized spacial score (nSPS) is 23.8. The topological polar surface area (TPSA) is 34.1 Å². The van der Waals surface area contributed by atoms with Crippen LogP contribution in [-0.2, 0) is 9.84 Å². The summed E-state index contributed by atoms with van der Waals surface area (Å²) in [6.45, 7) is 0. The lowest BCUT2D eigenvalue weighted by Crippen LogP contribution is -2.14. The molecule has 0 saturated heterocycles. The summed E-state index contributed by atoms with van der Waals surface area (Å²) in [5.74, 6) is 0.238. The largest absolute Gasteiger partial charge is 0.228 e. The highest BCUT2D eigenvalue weighted by atomic mass is 35.5. The standard InChI is InChI=1S/C5H9ClO2S/c1-9(7,8)5(6)4-2-3-4/h4-5H,2-3H2,1H3. The van der Waals surface area contributed by atoms with Gasteiger partial charge in [-0.2, -0.15) is 0 Å². The Balaban J connectivity index is 2.61. The van der Waals surface area contributed by atoms with Crippen molar-refractivity contribution in [1.82, 2.24) is 0 Å². The second-order valence-corrected chi connectivity index (χ2v) is 5.41. The van der Waals surface area contributed by atoms with Crippen LogP contribution in [0.1, 0.15) is 12.8 Å². The molecular weight excluding hydrogens is 160 g/mol. The molecule has 1 aliphatic rings. The van der Waals surface area contributed by atoms with E-state index < -0.39 is 14.5 Å². The molecule has 1 rings (SSSR count). The molecule has 9 heavy (non-hydrogen) atoms. The van der Waals surface area contributed by atoms with E-state index in [0.29, 0.717) is 0 Å². The van der Waals surface area contributed by atoms with E-state index in [-0.39, 0.29) is 5.92 Å². The summed E-state index contributed by atoms with van der Waals surface area (Å²) in [5, 5.41) is 0. The Labute approximate surface area is 60.1 Å². The molecular formula is C5H9ClO2S. The SMILES string of the molecule is CS(=O)(=O)C(Cl)C1CC1.